The van der Waals surface area contributed by atoms with E-state index in [4.69, 9.17) is 4.98 Å². The van der Waals surface area contributed by atoms with Crippen LogP contribution in [0.15, 0.2) is 89.4 Å². The van der Waals surface area contributed by atoms with Crippen LogP contribution in [0, 0.1) is 11.3 Å². The summed E-state index contributed by atoms with van der Waals surface area (Å²) in [5.41, 5.74) is 3.38. The first kappa shape index (κ1) is 20.7. The molecule has 150 valence electrons. The van der Waals surface area contributed by atoms with Gasteiger partial charge in [0, 0.05) is 15.6 Å². The molecule has 0 atom stereocenters. The number of amides is 1. The van der Waals surface area contributed by atoms with Crippen LogP contribution < -0.4 is 5.32 Å². The van der Waals surface area contributed by atoms with Crippen LogP contribution in [0.5, 0.6) is 0 Å². The normalized spacial score (nSPS) is 11.0. The van der Waals surface area contributed by atoms with Crippen molar-refractivity contribution in [3.63, 3.8) is 0 Å². The van der Waals surface area contributed by atoms with Crippen LogP contribution in [-0.4, -0.2) is 10.9 Å². The molecular formula is C25H16BrN3OS. The molecule has 3 aromatic carbocycles. The molecule has 1 amide bonds. The van der Waals surface area contributed by atoms with Crippen molar-refractivity contribution in [1.29, 1.82) is 5.26 Å². The number of nitrogens with one attached hydrogen (secondary N) is 1. The molecule has 4 rings (SSSR count). The number of hydrogen-bond acceptors (Lipinski definition) is 4. The Morgan fingerprint density at radius 3 is 2.39 bits per heavy atom. The zero-order valence-electron chi connectivity index (χ0n) is 16.2. The molecule has 0 saturated carbocycles. The van der Waals surface area contributed by atoms with Crippen molar-refractivity contribution < 1.29 is 4.79 Å². The van der Waals surface area contributed by atoms with Gasteiger partial charge in [-0.2, -0.15) is 5.26 Å². The van der Waals surface area contributed by atoms with Gasteiger partial charge in [-0.15, -0.1) is 0 Å². The predicted octanol–water partition coefficient (Wildman–Crippen LogP) is 6.89. The maximum atomic E-state index is 12.8. The van der Waals surface area contributed by atoms with E-state index in [2.05, 4.69) is 27.3 Å². The number of benzene rings is 3. The number of anilines is 1. The third-order valence-electron chi connectivity index (χ3n) is 4.45. The average molecular weight is 486 g/mol. The number of carbonyl (C=O) groups is 1. The Hall–Kier alpha value is -3.53. The number of allylic oxidation sites excluding steroid dienone is 1. The highest BCUT2D eigenvalue weighted by Crippen LogP contribution is 2.36. The number of aromatic nitrogens is 1. The summed E-state index contributed by atoms with van der Waals surface area (Å²) in [5.74, 6) is -0.220. The van der Waals surface area contributed by atoms with E-state index in [1.54, 1.807) is 18.2 Å². The van der Waals surface area contributed by atoms with Crippen molar-refractivity contribution >= 4 is 49.8 Å². The molecule has 0 fully saturated rings. The molecule has 0 aliphatic rings. The summed E-state index contributed by atoms with van der Waals surface area (Å²) in [5, 5.41) is 13.9. The molecular weight excluding hydrogens is 470 g/mol. The second kappa shape index (κ2) is 9.52. The molecule has 1 aromatic heterocycles. The minimum Gasteiger partial charge on any atom is -0.312 e. The molecule has 6 heteroatoms. The van der Waals surface area contributed by atoms with Crippen LogP contribution in [0.4, 0.5) is 5.00 Å². The first-order valence-corrected chi connectivity index (χ1v) is 11.1. The highest BCUT2D eigenvalue weighted by atomic mass is 79.9. The largest absolute Gasteiger partial charge is 0.312 e. The predicted molar refractivity (Wildman–Crippen MR) is 130 cm³/mol. The second-order valence-electron chi connectivity index (χ2n) is 6.61. The van der Waals surface area contributed by atoms with Crippen LogP contribution in [0.25, 0.3) is 22.9 Å². The van der Waals surface area contributed by atoms with Gasteiger partial charge in [-0.25, -0.2) is 4.98 Å². The van der Waals surface area contributed by atoms with Crippen LogP contribution in [-0.2, 0) is 0 Å². The summed E-state index contributed by atoms with van der Waals surface area (Å²) < 4.78 is 0.929. The molecule has 0 radical (unpaired) electrons. The highest BCUT2D eigenvalue weighted by Gasteiger charge is 2.18. The van der Waals surface area contributed by atoms with Crippen LogP contribution in [0.1, 0.15) is 20.9 Å². The van der Waals surface area contributed by atoms with E-state index in [1.807, 2.05) is 72.8 Å². The number of rotatable bonds is 5. The second-order valence-corrected chi connectivity index (χ2v) is 8.52. The highest BCUT2D eigenvalue weighted by molar-refractivity contribution is 9.10. The fraction of sp³-hybridized carbons (Fsp3) is 0. The summed E-state index contributed by atoms with van der Waals surface area (Å²) in [6.07, 6.45) is 1.79. The van der Waals surface area contributed by atoms with E-state index >= 15 is 0 Å². The first-order chi connectivity index (χ1) is 15.1. The Labute approximate surface area is 192 Å². The molecule has 0 spiro atoms. The van der Waals surface area contributed by atoms with Gasteiger partial charge >= 0.3 is 0 Å². The van der Waals surface area contributed by atoms with E-state index in [9.17, 15) is 10.1 Å². The summed E-state index contributed by atoms with van der Waals surface area (Å²) in [4.78, 5) is 17.5. The molecule has 4 aromatic rings. The number of carbonyl (C=O) groups excluding carboxylic acids is 1. The lowest BCUT2D eigenvalue weighted by molar-refractivity contribution is 0.102. The third-order valence-corrected chi connectivity index (χ3v) is 5.95. The molecule has 1 heterocycles. The van der Waals surface area contributed by atoms with Crippen LogP contribution >= 0.6 is 27.3 Å². The summed E-state index contributed by atoms with van der Waals surface area (Å²) >= 11 is 4.74. The van der Waals surface area contributed by atoms with Crippen molar-refractivity contribution in [2.75, 3.05) is 5.32 Å². The maximum absolute atomic E-state index is 12.8. The Kier molecular flexibility index (Phi) is 6.37. The molecule has 0 saturated heterocycles. The topological polar surface area (TPSA) is 65.8 Å². The van der Waals surface area contributed by atoms with Gasteiger partial charge in [-0.05, 0) is 35.9 Å². The Morgan fingerprint density at radius 1 is 1.00 bits per heavy atom. The fourth-order valence-corrected chi connectivity index (χ4v) is 4.35. The third kappa shape index (κ3) is 4.97. The Balaban J connectivity index is 1.76. The van der Waals surface area contributed by atoms with Crippen molar-refractivity contribution in [2.45, 2.75) is 0 Å². The fourth-order valence-electron chi connectivity index (χ4n) is 2.98. The number of halogens is 1. The summed E-state index contributed by atoms with van der Waals surface area (Å²) in [6.45, 7) is 0. The van der Waals surface area contributed by atoms with Crippen molar-refractivity contribution in [3.05, 3.63) is 106 Å². The van der Waals surface area contributed by atoms with Gasteiger partial charge in [0.1, 0.15) is 21.8 Å². The molecule has 31 heavy (non-hydrogen) atoms. The zero-order chi connectivity index (χ0) is 21.6. The lowest BCUT2D eigenvalue weighted by Gasteiger charge is -2.05. The standard InChI is InChI=1S/C25H16BrN3OS/c26-21-13-7-8-17(15-21)14-20(16-27)24-28-22(18-9-3-1-4-10-18)25(31-24)29-23(30)19-11-5-2-6-12-19/h1-15H,(H,29,30). The van der Waals surface area contributed by atoms with Crippen LogP contribution in [0.2, 0.25) is 0 Å². The van der Waals surface area contributed by atoms with Gasteiger partial charge in [-0.3, -0.25) is 4.79 Å². The molecule has 0 unspecified atom stereocenters. The quantitative estimate of drug-likeness (QED) is 0.313. The van der Waals surface area contributed by atoms with E-state index in [-0.39, 0.29) is 5.91 Å². The van der Waals surface area contributed by atoms with Crippen molar-refractivity contribution in [3.8, 4) is 17.3 Å². The van der Waals surface area contributed by atoms with Gasteiger partial charge in [0.25, 0.3) is 5.91 Å². The molecule has 0 bridgehead atoms. The van der Waals surface area contributed by atoms with Gasteiger partial charge in [0.15, 0.2) is 0 Å². The van der Waals surface area contributed by atoms with E-state index < -0.39 is 0 Å². The minimum absolute atomic E-state index is 0.220. The minimum atomic E-state index is -0.220. The number of hydrogen-bond donors (Lipinski definition) is 1. The Morgan fingerprint density at radius 2 is 1.71 bits per heavy atom. The summed E-state index contributed by atoms with van der Waals surface area (Å²) in [7, 11) is 0. The maximum Gasteiger partial charge on any atom is 0.256 e. The number of nitriles is 1. The average Bonchev–Trinajstić information content (AvgIpc) is 3.22. The van der Waals surface area contributed by atoms with Crippen molar-refractivity contribution in [2.24, 2.45) is 0 Å². The zero-order valence-corrected chi connectivity index (χ0v) is 18.7. The van der Waals surface area contributed by atoms with E-state index in [0.717, 1.165) is 15.6 Å². The molecule has 1 N–H and O–H groups in total. The van der Waals surface area contributed by atoms with Crippen molar-refractivity contribution in [1.82, 2.24) is 4.98 Å². The molecule has 0 aliphatic carbocycles. The van der Waals surface area contributed by atoms with E-state index in [0.29, 0.717) is 26.8 Å². The first-order valence-electron chi connectivity index (χ1n) is 9.44. The number of nitrogens with zero attached hydrogens (tertiary/aromatic N) is 2. The molecule has 0 aliphatic heterocycles. The Bertz CT molecular complexity index is 1290. The van der Waals surface area contributed by atoms with Crippen LogP contribution in [0.3, 0.4) is 0 Å². The smallest absolute Gasteiger partial charge is 0.256 e. The van der Waals surface area contributed by atoms with Gasteiger partial charge < -0.3 is 5.32 Å². The van der Waals surface area contributed by atoms with E-state index in [1.165, 1.54) is 11.3 Å². The monoisotopic (exact) mass is 485 g/mol. The van der Waals surface area contributed by atoms with Gasteiger partial charge in [-0.1, -0.05) is 87.9 Å². The lowest BCUT2D eigenvalue weighted by Crippen LogP contribution is -2.11. The van der Waals surface area contributed by atoms with Gasteiger partial charge in [0.05, 0.1) is 5.57 Å². The SMILES string of the molecule is N#CC(=Cc1cccc(Br)c1)c1nc(-c2ccccc2)c(NC(=O)c2ccccc2)s1. The summed E-state index contributed by atoms with van der Waals surface area (Å²) in [6, 6.07) is 28.6. The number of thiazole rings is 1. The van der Waals surface area contributed by atoms with Gasteiger partial charge in [0.2, 0.25) is 0 Å². The molecule has 4 nitrogen and oxygen atoms in total. The lowest BCUT2D eigenvalue weighted by atomic mass is 10.1.